The number of Topliss-reactive ketones (excluding diaryl/α,β-unsaturated/α-hetero) is 2. The summed E-state index contributed by atoms with van der Waals surface area (Å²) in [6, 6.07) is 5.11. The molecule has 5 rings (SSSR count). The smallest absolute Gasteiger partial charge is 0.328 e. The lowest BCUT2D eigenvalue weighted by Gasteiger charge is -2.57. The van der Waals surface area contributed by atoms with Gasteiger partial charge in [-0.15, -0.1) is 0 Å². The second-order valence-electron chi connectivity index (χ2n) is 13.9. The molecule has 1 aromatic carbocycles. The topological polar surface area (TPSA) is 173 Å². The second kappa shape index (κ2) is 12.7. The van der Waals surface area contributed by atoms with Crippen molar-refractivity contribution >= 4 is 35.2 Å². The molecule has 3 fully saturated rings. The molecular formula is C35H43NO10. The number of aromatic hydroxyl groups is 1. The second-order valence-corrected chi connectivity index (χ2v) is 13.9. The van der Waals surface area contributed by atoms with Crippen LogP contribution in [0, 0.1) is 28.6 Å². The molecule has 248 valence electrons. The Labute approximate surface area is 268 Å². The average molecular weight is 638 g/mol. The van der Waals surface area contributed by atoms with Gasteiger partial charge in [-0.2, -0.15) is 0 Å². The van der Waals surface area contributed by atoms with Gasteiger partial charge in [0.2, 0.25) is 11.7 Å². The Bertz CT molecular complexity index is 1470. The normalized spacial score (nSPS) is 32.3. The third-order valence-corrected chi connectivity index (χ3v) is 11.4. The summed E-state index contributed by atoms with van der Waals surface area (Å²) in [5.74, 6) is -2.90. The van der Waals surface area contributed by atoms with Crippen molar-refractivity contribution < 1.29 is 48.5 Å². The first-order valence-corrected chi connectivity index (χ1v) is 16.0. The Kier molecular flexibility index (Phi) is 9.28. The fourth-order valence-electron chi connectivity index (χ4n) is 8.87. The van der Waals surface area contributed by atoms with E-state index in [1.807, 2.05) is 0 Å². The summed E-state index contributed by atoms with van der Waals surface area (Å²) in [5, 5.41) is 23.8. The van der Waals surface area contributed by atoms with Crippen molar-refractivity contribution in [2.24, 2.45) is 28.6 Å². The number of hydrogen-bond acceptors (Lipinski definition) is 10. The standard InChI is InChI=1S/C35H43NO10/c1-33-14-12-23(38)17-21(33)6-9-24-25-13-15-35(44,34(25,2)18-27(39)31(24)33)28(40)19-46-30(42)11-10-29(41)36-26(32(43)45-3)16-20-4-7-22(37)8-5-20/h4-5,7-8,17,24-26,31,37,44H,6,9-16,18-19H2,1-3H3,(H,36,41). The van der Waals surface area contributed by atoms with E-state index in [1.165, 1.54) is 19.2 Å². The van der Waals surface area contributed by atoms with Crippen molar-refractivity contribution in [2.75, 3.05) is 13.7 Å². The molecule has 11 nitrogen and oxygen atoms in total. The monoisotopic (exact) mass is 637 g/mol. The van der Waals surface area contributed by atoms with Gasteiger partial charge in [-0.3, -0.25) is 24.0 Å². The SMILES string of the molecule is COC(=O)C(Cc1ccc(O)cc1)NC(=O)CCC(=O)OCC(=O)C1(O)CCC2C3CCC4=CC(=O)CCC4(C)C3C(=O)CC21C. The van der Waals surface area contributed by atoms with E-state index in [0.717, 1.165) is 18.4 Å². The van der Waals surface area contributed by atoms with Gasteiger partial charge in [0.05, 0.1) is 13.5 Å². The van der Waals surface area contributed by atoms with Crippen molar-refractivity contribution in [1.82, 2.24) is 5.32 Å². The quantitative estimate of drug-likeness (QED) is 0.324. The Morgan fingerprint density at radius 2 is 1.74 bits per heavy atom. The van der Waals surface area contributed by atoms with Gasteiger partial charge in [0.15, 0.2) is 12.4 Å². The highest BCUT2D eigenvalue weighted by Gasteiger charge is 2.68. The number of amides is 1. The molecule has 0 bridgehead atoms. The maximum atomic E-state index is 13.8. The van der Waals surface area contributed by atoms with E-state index < -0.39 is 47.3 Å². The number of phenols is 1. The van der Waals surface area contributed by atoms with E-state index in [-0.39, 0.29) is 72.6 Å². The number of allylic oxidation sites excluding steroid dienone is 1. The highest BCUT2D eigenvalue weighted by atomic mass is 16.5. The molecule has 1 amide bonds. The maximum absolute atomic E-state index is 13.8. The number of phenolic OH excluding ortho intramolecular Hbond substituents is 1. The van der Waals surface area contributed by atoms with Crippen LogP contribution < -0.4 is 5.32 Å². The molecule has 4 aliphatic rings. The highest BCUT2D eigenvalue weighted by Crippen LogP contribution is 2.66. The predicted molar refractivity (Wildman–Crippen MR) is 163 cm³/mol. The van der Waals surface area contributed by atoms with Crippen LogP contribution in [-0.4, -0.2) is 70.8 Å². The van der Waals surface area contributed by atoms with Crippen LogP contribution in [0.1, 0.15) is 77.2 Å². The Hall–Kier alpha value is -3.86. The first-order valence-electron chi connectivity index (χ1n) is 16.0. The fraction of sp³-hybridized carbons (Fsp3) is 0.600. The number of benzene rings is 1. The van der Waals surface area contributed by atoms with E-state index in [4.69, 9.17) is 9.47 Å². The van der Waals surface area contributed by atoms with Gasteiger partial charge in [0, 0.05) is 37.0 Å². The van der Waals surface area contributed by atoms with Crippen molar-refractivity contribution in [1.29, 1.82) is 0 Å². The van der Waals surface area contributed by atoms with Crippen LogP contribution in [0.4, 0.5) is 0 Å². The molecule has 0 aromatic heterocycles. The van der Waals surface area contributed by atoms with Crippen LogP contribution in [0.2, 0.25) is 0 Å². The van der Waals surface area contributed by atoms with Gasteiger partial charge in [-0.05, 0) is 73.1 Å². The zero-order valence-corrected chi connectivity index (χ0v) is 26.6. The van der Waals surface area contributed by atoms with E-state index in [0.29, 0.717) is 24.8 Å². The lowest BCUT2D eigenvalue weighted by Crippen LogP contribution is -2.61. The maximum Gasteiger partial charge on any atom is 0.328 e. The lowest BCUT2D eigenvalue weighted by molar-refractivity contribution is -0.173. The van der Waals surface area contributed by atoms with Gasteiger partial charge in [-0.1, -0.05) is 31.6 Å². The average Bonchev–Trinajstić information content (AvgIpc) is 3.29. The third kappa shape index (κ3) is 6.01. The minimum atomic E-state index is -1.84. The summed E-state index contributed by atoms with van der Waals surface area (Å²) in [6.45, 7) is 3.21. The van der Waals surface area contributed by atoms with E-state index in [2.05, 4.69) is 12.2 Å². The molecular weight excluding hydrogens is 594 g/mol. The number of ketones is 3. The number of carbonyl (C=O) groups is 6. The zero-order valence-electron chi connectivity index (χ0n) is 26.6. The summed E-state index contributed by atoms with van der Waals surface area (Å²) < 4.78 is 9.98. The fourth-order valence-corrected chi connectivity index (χ4v) is 8.87. The number of fused-ring (bicyclic) bond motifs is 5. The lowest BCUT2D eigenvalue weighted by atomic mass is 9.46. The molecule has 0 radical (unpaired) electrons. The Balaban J connectivity index is 1.16. The molecule has 3 N–H and O–H groups in total. The van der Waals surface area contributed by atoms with Crippen LogP contribution >= 0.6 is 0 Å². The first kappa shape index (κ1) is 33.5. The molecule has 0 saturated heterocycles. The van der Waals surface area contributed by atoms with Crippen LogP contribution in [0.5, 0.6) is 5.75 Å². The van der Waals surface area contributed by atoms with Gasteiger partial charge < -0.3 is 25.0 Å². The summed E-state index contributed by atoms with van der Waals surface area (Å²) in [6.07, 6.45) is 4.43. The number of aliphatic hydroxyl groups is 1. The first-order chi connectivity index (χ1) is 21.7. The number of carbonyl (C=O) groups excluding carboxylic acids is 6. The summed E-state index contributed by atoms with van der Waals surface area (Å²) >= 11 is 0. The summed E-state index contributed by atoms with van der Waals surface area (Å²) in [4.78, 5) is 76.7. The molecule has 3 saturated carbocycles. The number of methoxy groups -OCH3 is 1. The van der Waals surface area contributed by atoms with Crippen molar-refractivity contribution in [3.63, 3.8) is 0 Å². The number of rotatable bonds is 10. The molecule has 7 unspecified atom stereocenters. The van der Waals surface area contributed by atoms with Crippen LogP contribution in [0.15, 0.2) is 35.9 Å². The van der Waals surface area contributed by atoms with Crippen LogP contribution in [-0.2, 0) is 44.7 Å². The molecule has 4 aliphatic carbocycles. The van der Waals surface area contributed by atoms with Gasteiger partial charge in [0.25, 0.3) is 0 Å². The highest BCUT2D eigenvalue weighted by molar-refractivity contribution is 5.95. The van der Waals surface area contributed by atoms with Crippen LogP contribution in [0.25, 0.3) is 0 Å². The molecule has 0 heterocycles. The Morgan fingerprint density at radius 3 is 2.43 bits per heavy atom. The largest absolute Gasteiger partial charge is 0.508 e. The summed E-state index contributed by atoms with van der Waals surface area (Å²) in [7, 11) is 1.19. The number of hydrogen-bond donors (Lipinski definition) is 3. The van der Waals surface area contributed by atoms with Gasteiger partial charge in [-0.25, -0.2) is 4.79 Å². The Morgan fingerprint density at radius 1 is 1.02 bits per heavy atom. The van der Waals surface area contributed by atoms with Gasteiger partial charge in [0.1, 0.15) is 23.2 Å². The number of ether oxygens (including phenoxy) is 2. The zero-order chi connectivity index (χ0) is 33.4. The van der Waals surface area contributed by atoms with Gasteiger partial charge >= 0.3 is 11.9 Å². The van der Waals surface area contributed by atoms with E-state index in [9.17, 15) is 39.0 Å². The molecule has 7 atom stereocenters. The molecule has 1 aromatic rings. The minimum absolute atomic E-state index is 0.00709. The molecule has 11 heteroatoms. The molecule has 0 spiro atoms. The van der Waals surface area contributed by atoms with E-state index in [1.54, 1.807) is 25.1 Å². The molecule has 0 aliphatic heterocycles. The minimum Gasteiger partial charge on any atom is -0.508 e. The van der Waals surface area contributed by atoms with Crippen molar-refractivity contribution in [2.45, 2.75) is 89.7 Å². The summed E-state index contributed by atoms with van der Waals surface area (Å²) in [5.41, 5.74) is -1.50. The van der Waals surface area contributed by atoms with Crippen molar-refractivity contribution in [3.8, 4) is 5.75 Å². The predicted octanol–water partition coefficient (Wildman–Crippen LogP) is 2.93. The van der Waals surface area contributed by atoms with Crippen LogP contribution in [0.3, 0.4) is 0 Å². The van der Waals surface area contributed by atoms with E-state index >= 15 is 0 Å². The van der Waals surface area contributed by atoms with Crippen molar-refractivity contribution in [3.05, 3.63) is 41.5 Å². The number of esters is 2. The molecule has 46 heavy (non-hydrogen) atoms. The number of nitrogens with one attached hydrogen (secondary N) is 1. The third-order valence-electron chi connectivity index (χ3n) is 11.4.